The Bertz CT molecular complexity index is 683. The summed E-state index contributed by atoms with van der Waals surface area (Å²) in [7, 11) is 1.81. The molecule has 0 unspecified atom stereocenters. The van der Waals surface area contributed by atoms with Crippen molar-refractivity contribution in [1.29, 1.82) is 0 Å². The Kier molecular flexibility index (Phi) is 4.85. The normalized spacial score (nSPS) is 10.3. The maximum Gasteiger partial charge on any atom is 0.256 e. The molecule has 0 spiro atoms. The van der Waals surface area contributed by atoms with Crippen LogP contribution in [0.25, 0.3) is 0 Å². The molecule has 0 saturated carbocycles. The SMILES string of the molecule is CNc1ccc(C(=O)Nc2c(Cl)cc(F)cc2Br)c(C)c1. The first-order valence-electron chi connectivity index (χ1n) is 6.16. The van der Waals surface area contributed by atoms with Crippen LogP contribution < -0.4 is 10.6 Å². The van der Waals surface area contributed by atoms with E-state index in [1.807, 2.05) is 26.1 Å². The Morgan fingerprint density at radius 3 is 2.57 bits per heavy atom. The standard InChI is InChI=1S/C15H13BrClFN2O/c1-8-5-10(19-2)3-4-11(8)15(21)20-14-12(16)6-9(18)7-13(14)17/h3-7,19H,1-2H3,(H,20,21). The molecular formula is C15H13BrClFN2O. The number of amides is 1. The van der Waals surface area contributed by atoms with Crippen molar-refractivity contribution in [3.63, 3.8) is 0 Å². The second-order valence-electron chi connectivity index (χ2n) is 4.48. The molecule has 1 amide bonds. The van der Waals surface area contributed by atoms with Gasteiger partial charge in [-0.3, -0.25) is 4.79 Å². The quantitative estimate of drug-likeness (QED) is 0.810. The molecule has 0 aliphatic rings. The van der Waals surface area contributed by atoms with Crippen LogP contribution in [0.2, 0.25) is 5.02 Å². The summed E-state index contributed by atoms with van der Waals surface area (Å²) in [5.74, 6) is -0.774. The summed E-state index contributed by atoms with van der Waals surface area (Å²) < 4.78 is 13.6. The van der Waals surface area contributed by atoms with Crippen LogP contribution in [0.1, 0.15) is 15.9 Å². The second kappa shape index (κ2) is 6.45. The van der Waals surface area contributed by atoms with Crippen molar-refractivity contribution in [1.82, 2.24) is 0 Å². The first kappa shape index (κ1) is 15.8. The third-order valence-corrected chi connectivity index (χ3v) is 3.93. The Balaban J connectivity index is 2.30. The smallest absolute Gasteiger partial charge is 0.256 e. The molecule has 2 N–H and O–H groups in total. The molecule has 2 aromatic rings. The fraction of sp³-hybridized carbons (Fsp3) is 0.133. The van der Waals surface area contributed by atoms with Gasteiger partial charge in [0.05, 0.1) is 10.7 Å². The highest BCUT2D eigenvalue weighted by Crippen LogP contribution is 2.32. The van der Waals surface area contributed by atoms with Gasteiger partial charge in [-0.15, -0.1) is 0 Å². The van der Waals surface area contributed by atoms with Crippen LogP contribution in [0.4, 0.5) is 15.8 Å². The van der Waals surface area contributed by atoms with Crippen molar-refractivity contribution in [3.05, 3.63) is 56.8 Å². The monoisotopic (exact) mass is 370 g/mol. The second-order valence-corrected chi connectivity index (χ2v) is 5.74. The molecule has 0 aromatic heterocycles. The third kappa shape index (κ3) is 3.54. The van der Waals surface area contributed by atoms with E-state index in [9.17, 15) is 9.18 Å². The summed E-state index contributed by atoms with van der Waals surface area (Å²) in [6.45, 7) is 1.84. The Hall–Kier alpha value is -1.59. The fourth-order valence-corrected chi connectivity index (χ4v) is 2.82. The van der Waals surface area contributed by atoms with Gasteiger partial charge >= 0.3 is 0 Å². The number of hydrogen-bond donors (Lipinski definition) is 2. The fourth-order valence-electron chi connectivity index (χ4n) is 1.92. The predicted octanol–water partition coefficient (Wildman–Crippen LogP) is 4.84. The summed E-state index contributed by atoms with van der Waals surface area (Å²) in [4.78, 5) is 12.3. The molecule has 0 bridgehead atoms. The maximum atomic E-state index is 13.2. The van der Waals surface area contributed by atoms with E-state index in [2.05, 4.69) is 26.6 Å². The average Bonchev–Trinajstić information content (AvgIpc) is 2.42. The molecule has 0 saturated heterocycles. The molecule has 6 heteroatoms. The zero-order chi connectivity index (χ0) is 15.6. The molecule has 0 heterocycles. The lowest BCUT2D eigenvalue weighted by Gasteiger charge is -2.12. The minimum absolute atomic E-state index is 0.139. The van der Waals surface area contributed by atoms with E-state index in [-0.39, 0.29) is 10.9 Å². The van der Waals surface area contributed by atoms with Gasteiger partial charge in [0.1, 0.15) is 5.82 Å². The number of aryl methyl sites for hydroxylation is 1. The predicted molar refractivity (Wildman–Crippen MR) is 87.8 cm³/mol. The number of rotatable bonds is 3. The van der Waals surface area contributed by atoms with Crippen LogP contribution in [0.15, 0.2) is 34.8 Å². The lowest BCUT2D eigenvalue weighted by Crippen LogP contribution is -2.14. The largest absolute Gasteiger partial charge is 0.388 e. The van der Waals surface area contributed by atoms with Gasteiger partial charge in [-0.1, -0.05) is 11.6 Å². The van der Waals surface area contributed by atoms with Gasteiger partial charge in [0, 0.05) is 22.8 Å². The Morgan fingerprint density at radius 1 is 1.29 bits per heavy atom. The van der Waals surface area contributed by atoms with Crippen molar-refractivity contribution in [2.24, 2.45) is 0 Å². The molecule has 110 valence electrons. The van der Waals surface area contributed by atoms with Crippen molar-refractivity contribution >= 4 is 44.8 Å². The van der Waals surface area contributed by atoms with Crippen LogP contribution >= 0.6 is 27.5 Å². The zero-order valence-corrected chi connectivity index (χ0v) is 13.8. The van der Waals surface area contributed by atoms with Gasteiger partial charge in [-0.05, 0) is 58.7 Å². The van der Waals surface area contributed by atoms with E-state index in [1.165, 1.54) is 6.07 Å². The first-order valence-corrected chi connectivity index (χ1v) is 7.33. The molecule has 0 aliphatic carbocycles. The summed E-state index contributed by atoms with van der Waals surface area (Å²) in [6.07, 6.45) is 0. The number of halogens is 3. The summed E-state index contributed by atoms with van der Waals surface area (Å²) >= 11 is 9.15. The van der Waals surface area contributed by atoms with Crippen molar-refractivity contribution in [2.45, 2.75) is 6.92 Å². The molecule has 2 rings (SSSR count). The molecule has 2 aromatic carbocycles. The number of hydrogen-bond acceptors (Lipinski definition) is 2. The van der Waals surface area contributed by atoms with E-state index < -0.39 is 5.82 Å². The number of carbonyl (C=O) groups is 1. The van der Waals surface area contributed by atoms with Gasteiger partial charge < -0.3 is 10.6 Å². The van der Waals surface area contributed by atoms with Gasteiger partial charge in [0.2, 0.25) is 0 Å². The molecule has 0 fully saturated rings. The lowest BCUT2D eigenvalue weighted by molar-refractivity contribution is 0.102. The highest BCUT2D eigenvalue weighted by atomic mass is 79.9. The van der Waals surface area contributed by atoms with Crippen molar-refractivity contribution in [3.8, 4) is 0 Å². The maximum absolute atomic E-state index is 13.2. The highest BCUT2D eigenvalue weighted by Gasteiger charge is 2.14. The van der Waals surface area contributed by atoms with Gasteiger partial charge in [0.25, 0.3) is 5.91 Å². The van der Waals surface area contributed by atoms with E-state index in [4.69, 9.17) is 11.6 Å². The molecule has 0 atom stereocenters. The van der Waals surface area contributed by atoms with Crippen molar-refractivity contribution in [2.75, 3.05) is 17.7 Å². The minimum atomic E-state index is -0.473. The van der Waals surface area contributed by atoms with Gasteiger partial charge in [0.15, 0.2) is 0 Å². The average molecular weight is 372 g/mol. The number of benzene rings is 2. The van der Waals surface area contributed by atoms with Gasteiger partial charge in [-0.25, -0.2) is 4.39 Å². The van der Waals surface area contributed by atoms with E-state index in [0.29, 0.717) is 15.7 Å². The summed E-state index contributed by atoms with van der Waals surface area (Å²) in [5, 5.41) is 5.84. The Labute approximate surface area is 135 Å². The van der Waals surface area contributed by atoms with E-state index >= 15 is 0 Å². The summed E-state index contributed by atoms with van der Waals surface area (Å²) in [5.41, 5.74) is 2.63. The topological polar surface area (TPSA) is 41.1 Å². The lowest BCUT2D eigenvalue weighted by atomic mass is 10.1. The number of carbonyl (C=O) groups excluding carboxylic acids is 1. The third-order valence-electron chi connectivity index (χ3n) is 3.01. The van der Waals surface area contributed by atoms with Crippen LogP contribution in [-0.4, -0.2) is 13.0 Å². The highest BCUT2D eigenvalue weighted by molar-refractivity contribution is 9.10. The minimum Gasteiger partial charge on any atom is -0.388 e. The summed E-state index contributed by atoms with van der Waals surface area (Å²) in [6, 6.07) is 7.80. The van der Waals surface area contributed by atoms with Crippen LogP contribution in [0.5, 0.6) is 0 Å². The molecule has 3 nitrogen and oxygen atoms in total. The molecular weight excluding hydrogens is 359 g/mol. The first-order chi connectivity index (χ1) is 9.92. The number of anilines is 2. The zero-order valence-electron chi connectivity index (χ0n) is 11.4. The molecule has 0 radical (unpaired) electrons. The Morgan fingerprint density at radius 2 is 2.00 bits per heavy atom. The number of nitrogens with one attached hydrogen (secondary N) is 2. The molecule has 21 heavy (non-hydrogen) atoms. The van der Waals surface area contributed by atoms with E-state index in [1.54, 1.807) is 6.07 Å². The van der Waals surface area contributed by atoms with Crippen LogP contribution in [-0.2, 0) is 0 Å². The van der Waals surface area contributed by atoms with Gasteiger partial charge in [-0.2, -0.15) is 0 Å². The van der Waals surface area contributed by atoms with E-state index in [0.717, 1.165) is 17.3 Å². The van der Waals surface area contributed by atoms with Crippen LogP contribution in [0.3, 0.4) is 0 Å². The van der Waals surface area contributed by atoms with Crippen molar-refractivity contribution < 1.29 is 9.18 Å². The van der Waals surface area contributed by atoms with Crippen LogP contribution in [0, 0.1) is 12.7 Å². The molecule has 0 aliphatic heterocycles.